The Morgan fingerprint density at radius 1 is 1.06 bits per heavy atom. The molecule has 0 aromatic rings. The summed E-state index contributed by atoms with van der Waals surface area (Å²) in [6.45, 7) is 8.97. The molecule has 96 valence electrons. The van der Waals surface area contributed by atoms with Crippen LogP contribution in [-0.2, 0) is 9.53 Å². The molecule has 0 aliphatic heterocycles. The van der Waals surface area contributed by atoms with Crippen LogP contribution < -0.4 is 0 Å². The molecule has 1 unspecified atom stereocenters. The minimum absolute atomic E-state index is 0.00616. The molecule has 0 saturated carbocycles. The Morgan fingerprint density at radius 3 is 2.25 bits per heavy atom. The molecule has 0 heterocycles. The van der Waals surface area contributed by atoms with Gasteiger partial charge < -0.3 is 4.74 Å². The summed E-state index contributed by atoms with van der Waals surface area (Å²) in [4.78, 5) is 11.9. The largest absolute Gasteiger partial charge is 0.465 e. The van der Waals surface area contributed by atoms with E-state index in [1.165, 1.54) is 19.3 Å². The highest BCUT2D eigenvalue weighted by molar-refractivity contribution is 5.76. The van der Waals surface area contributed by atoms with Gasteiger partial charge >= 0.3 is 5.97 Å². The van der Waals surface area contributed by atoms with E-state index in [1.807, 2.05) is 6.92 Å². The van der Waals surface area contributed by atoms with Gasteiger partial charge in [0.15, 0.2) is 0 Å². The first kappa shape index (κ1) is 15.5. The Kier molecular flexibility index (Phi) is 8.32. The topological polar surface area (TPSA) is 26.3 Å². The Hall–Kier alpha value is -0.530. The number of carbonyl (C=O) groups is 1. The molecular formula is C14H28O2. The number of unbranched alkanes of at least 4 members (excludes halogenated alkanes) is 3. The second kappa shape index (κ2) is 8.60. The summed E-state index contributed by atoms with van der Waals surface area (Å²) in [5.41, 5.74) is -0.264. The van der Waals surface area contributed by atoms with Gasteiger partial charge in [-0.05, 0) is 26.2 Å². The number of hydrogen-bond acceptors (Lipinski definition) is 2. The first-order valence-corrected chi connectivity index (χ1v) is 6.78. The molecule has 0 aromatic heterocycles. The molecule has 0 amide bonds. The fourth-order valence-corrected chi connectivity index (χ4v) is 1.84. The van der Waals surface area contributed by atoms with Gasteiger partial charge in [0, 0.05) is 0 Å². The third-order valence-electron chi connectivity index (χ3n) is 3.31. The summed E-state index contributed by atoms with van der Waals surface area (Å²) in [5, 5.41) is 0. The molecule has 0 radical (unpaired) electrons. The average molecular weight is 228 g/mol. The maximum Gasteiger partial charge on any atom is 0.311 e. The van der Waals surface area contributed by atoms with Gasteiger partial charge in [-0.25, -0.2) is 0 Å². The quantitative estimate of drug-likeness (QED) is 0.434. The van der Waals surface area contributed by atoms with E-state index < -0.39 is 0 Å². The summed E-state index contributed by atoms with van der Waals surface area (Å²) in [6, 6.07) is 0. The summed E-state index contributed by atoms with van der Waals surface area (Å²) < 4.78 is 5.36. The van der Waals surface area contributed by atoms with Gasteiger partial charge in [0.1, 0.15) is 0 Å². The monoisotopic (exact) mass is 228 g/mol. The Balaban J connectivity index is 3.84. The summed E-state index contributed by atoms with van der Waals surface area (Å²) in [5.74, 6) is -0.00616. The minimum Gasteiger partial charge on any atom is -0.465 e. The van der Waals surface area contributed by atoms with Crippen LogP contribution in [-0.4, -0.2) is 12.6 Å². The number of carbonyl (C=O) groups excluding carboxylic acids is 1. The van der Waals surface area contributed by atoms with Crippen LogP contribution in [0.25, 0.3) is 0 Å². The van der Waals surface area contributed by atoms with Gasteiger partial charge in [-0.3, -0.25) is 4.79 Å². The summed E-state index contributed by atoms with van der Waals surface area (Å²) in [6.07, 6.45) is 7.46. The first-order chi connectivity index (χ1) is 7.60. The van der Waals surface area contributed by atoms with Crippen LogP contribution >= 0.6 is 0 Å². The van der Waals surface area contributed by atoms with Crippen LogP contribution in [0.3, 0.4) is 0 Å². The maximum atomic E-state index is 11.9. The summed E-state index contributed by atoms with van der Waals surface area (Å²) in [7, 11) is 0. The van der Waals surface area contributed by atoms with Crippen molar-refractivity contribution >= 4 is 5.97 Å². The molecule has 2 nitrogen and oxygen atoms in total. The zero-order valence-corrected chi connectivity index (χ0v) is 11.5. The standard InChI is InChI=1S/C14H28O2/c1-5-8-9-10-12-16-13(15)14(4,7-3)11-6-2/h5-12H2,1-4H3. The molecule has 0 aliphatic rings. The number of hydrogen-bond donors (Lipinski definition) is 0. The third kappa shape index (κ3) is 5.53. The van der Waals surface area contributed by atoms with Crippen molar-refractivity contribution < 1.29 is 9.53 Å². The van der Waals surface area contributed by atoms with E-state index >= 15 is 0 Å². The molecule has 0 fully saturated rings. The van der Waals surface area contributed by atoms with E-state index in [1.54, 1.807) is 0 Å². The number of esters is 1. The maximum absolute atomic E-state index is 11.9. The molecule has 0 N–H and O–H groups in total. The van der Waals surface area contributed by atoms with E-state index in [4.69, 9.17) is 4.74 Å². The average Bonchev–Trinajstić information content (AvgIpc) is 2.28. The molecule has 2 heteroatoms. The van der Waals surface area contributed by atoms with Crippen LogP contribution in [0.5, 0.6) is 0 Å². The van der Waals surface area contributed by atoms with Crippen LogP contribution in [0.1, 0.15) is 72.6 Å². The molecule has 0 spiro atoms. The highest BCUT2D eigenvalue weighted by Crippen LogP contribution is 2.28. The van der Waals surface area contributed by atoms with Gasteiger partial charge in [-0.2, -0.15) is 0 Å². The molecule has 0 saturated heterocycles. The lowest BCUT2D eigenvalue weighted by Gasteiger charge is -2.25. The Labute approximate surface area is 101 Å². The van der Waals surface area contributed by atoms with Gasteiger partial charge in [-0.15, -0.1) is 0 Å². The molecular weight excluding hydrogens is 200 g/mol. The van der Waals surface area contributed by atoms with Crippen molar-refractivity contribution in [3.05, 3.63) is 0 Å². The molecule has 0 rings (SSSR count). The van der Waals surface area contributed by atoms with Crippen LogP contribution in [0.2, 0.25) is 0 Å². The smallest absolute Gasteiger partial charge is 0.311 e. The van der Waals surface area contributed by atoms with Crippen molar-refractivity contribution in [2.75, 3.05) is 6.61 Å². The lowest BCUT2D eigenvalue weighted by molar-refractivity contribution is -0.155. The van der Waals surface area contributed by atoms with Gasteiger partial charge in [0.05, 0.1) is 12.0 Å². The van der Waals surface area contributed by atoms with E-state index in [0.717, 1.165) is 25.7 Å². The highest BCUT2D eigenvalue weighted by Gasteiger charge is 2.31. The zero-order chi connectivity index (χ0) is 12.4. The van der Waals surface area contributed by atoms with E-state index in [2.05, 4.69) is 20.8 Å². The van der Waals surface area contributed by atoms with E-state index in [0.29, 0.717) is 6.61 Å². The predicted molar refractivity (Wildman–Crippen MR) is 68.4 cm³/mol. The summed E-state index contributed by atoms with van der Waals surface area (Å²) >= 11 is 0. The van der Waals surface area contributed by atoms with Gasteiger partial charge in [0.25, 0.3) is 0 Å². The molecule has 16 heavy (non-hydrogen) atoms. The van der Waals surface area contributed by atoms with Crippen LogP contribution in [0, 0.1) is 5.41 Å². The van der Waals surface area contributed by atoms with Crippen molar-refractivity contribution in [1.82, 2.24) is 0 Å². The van der Waals surface area contributed by atoms with Crippen molar-refractivity contribution in [2.45, 2.75) is 72.6 Å². The molecule has 0 aromatic carbocycles. The van der Waals surface area contributed by atoms with Crippen molar-refractivity contribution in [1.29, 1.82) is 0 Å². The SMILES string of the molecule is CCCCCCOC(=O)C(C)(CC)CCC. The van der Waals surface area contributed by atoms with Gasteiger partial charge in [0.2, 0.25) is 0 Å². The van der Waals surface area contributed by atoms with Crippen molar-refractivity contribution in [3.8, 4) is 0 Å². The highest BCUT2D eigenvalue weighted by atomic mass is 16.5. The fourth-order valence-electron chi connectivity index (χ4n) is 1.84. The van der Waals surface area contributed by atoms with Gasteiger partial charge in [-0.1, -0.05) is 46.5 Å². The van der Waals surface area contributed by atoms with Crippen LogP contribution in [0.15, 0.2) is 0 Å². The second-order valence-electron chi connectivity index (χ2n) is 4.86. The fraction of sp³-hybridized carbons (Fsp3) is 0.929. The van der Waals surface area contributed by atoms with Crippen molar-refractivity contribution in [2.24, 2.45) is 5.41 Å². The number of rotatable bonds is 9. The lowest BCUT2D eigenvalue weighted by atomic mass is 9.83. The molecule has 0 bridgehead atoms. The first-order valence-electron chi connectivity index (χ1n) is 6.78. The zero-order valence-electron chi connectivity index (χ0n) is 11.5. The predicted octanol–water partition coefficient (Wildman–Crippen LogP) is 4.33. The molecule has 1 atom stereocenters. The van der Waals surface area contributed by atoms with E-state index in [9.17, 15) is 4.79 Å². The Bertz CT molecular complexity index is 189. The lowest BCUT2D eigenvalue weighted by Crippen LogP contribution is -2.29. The second-order valence-corrected chi connectivity index (χ2v) is 4.86. The van der Waals surface area contributed by atoms with Crippen molar-refractivity contribution in [3.63, 3.8) is 0 Å². The third-order valence-corrected chi connectivity index (χ3v) is 3.31. The normalized spacial score (nSPS) is 14.5. The molecule has 0 aliphatic carbocycles. The Morgan fingerprint density at radius 2 is 1.75 bits per heavy atom. The van der Waals surface area contributed by atoms with Crippen LogP contribution in [0.4, 0.5) is 0 Å². The number of ether oxygens (including phenoxy) is 1. The minimum atomic E-state index is -0.264. The van der Waals surface area contributed by atoms with E-state index in [-0.39, 0.29) is 11.4 Å².